The van der Waals surface area contributed by atoms with Gasteiger partial charge in [0, 0.05) is 89.5 Å². The topological polar surface area (TPSA) is 109 Å². The summed E-state index contributed by atoms with van der Waals surface area (Å²) in [7, 11) is 1.90. The van der Waals surface area contributed by atoms with Crippen LogP contribution in [0.1, 0.15) is 86.5 Å². The maximum absolute atomic E-state index is 14.0. The average molecular weight is 772 g/mol. The minimum Gasteiger partial charge on any atom is -0.448 e. The second-order valence-corrected chi connectivity index (χ2v) is 16.1. The van der Waals surface area contributed by atoms with Crippen LogP contribution in [0, 0.1) is 19.8 Å². The number of hydrogen-bond acceptors (Lipinski definition) is 9. The van der Waals surface area contributed by atoms with Crippen molar-refractivity contribution >= 4 is 23.5 Å². The Morgan fingerprint density at radius 1 is 1.09 bits per heavy atom. The Balaban J connectivity index is 1.26. The van der Waals surface area contributed by atoms with E-state index in [-0.39, 0.29) is 48.6 Å². The van der Waals surface area contributed by atoms with Crippen molar-refractivity contribution in [3.63, 3.8) is 0 Å². The number of amides is 1. The molecule has 10 nitrogen and oxygen atoms in total. The summed E-state index contributed by atoms with van der Waals surface area (Å²) in [4.78, 5) is 39.6. The van der Waals surface area contributed by atoms with Crippen molar-refractivity contribution in [2.75, 3.05) is 37.8 Å². The zero-order valence-corrected chi connectivity index (χ0v) is 33.0. The lowest BCUT2D eigenvalue weighted by molar-refractivity contribution is -0.137. The smallest absolute Gasteiger partial charge is 0.389 e. The fourth-order valence-corrected chi connectivity index (χ4v) is 8.86. The molecular formula is C40H52F3N5O5S. The van der Waals surface area contributed by atoms with Crippen LogP contribution >= 0.6 is 11.8 Å². The molecule has 3 unspecified atom stereocenters. The van der Waals surface area contributed by atoms with Gasteiger partial charge >= 0.3 is 6.18 Å². The molecule has 2 aromatic heterocycles. The molecular weight excluding hydrogens is 720 g/mol. The van der Waals surface area contributed by atoms with Crippen LogP contribution < -0.4 is 25.2 Å². The third-order valence-corrected chi connectivity index (χ3v) is 11.9. The van der Waals surface area contributed by atoms with Gasteiger partial charge in [0.05, 0.1) is 12.2 Å². The van der Waals surface area contributed by atoms with Gasteiger partial charge in [-0.15, -0.1) is 11.8 Å². The lowest BCUT2D eigenvalue weighted by Crippen LogP contribution is -2.47. The fourth-order valence-electron chi connectivity index (χ4n) is 8.15. The van der Waals surface area contributed by atoms with Crippen molar-refractivity contribution in [1.29, 1.82) is 0 Å². The summed E-state index contributed by atoms with van der Waals surface area (Å²) >= 11 is 1.45. The van der Waals surface area contributed by atoms with E-state index >= 15 is 0 Å². The molecule has 1 saturated carbocycles. The summed E-state index contributed by atoms with van der Waals surface area (Å²) < 4.78 is 57.7. The SMILES string of the molecule is CSc1cc(C)[nH]c(=O)c1CNC(=O)c1cc(-c2ccc(N3CC(C)OC(C)C3)nc2)c2c(c1C)OC(C)(C1CCC(N(C)CCCC(F)(F)F)CC1)O2. The number of halogens is 3. The highest BCUT2D eigenvalue weighted by molar-refractivity contribution is 7.98. The Hall–Kier alpha value is -3.75. The Kier molecular flexibility index (Phi) is 11.9. The first-order valence-corrected chi connectivity index (χ1v) is 20.0. The number of morpholine rings is 1. The molecule has 0 bridgehead atoms. The molecule has 54 heavy (non-hydrogen) atoms. The number of ether oxygens (including phenoxy) is 3. The lowest BCUT2D eigenvalue weighted by atomic mass is 9.81. The van der Waals surface area contributed by atoms with E-state index in [2.05, 4.69) is 15.2 Å². The van der Waals surface area contributed by atoms with E-state index in [0.717, 1.165) is 60.7 Å². The predicted molar refractivity (Wildman–Crippen MR) is 205 cm³/mol. The molecule has 4 heterocycles. The highest BCUT2D eigenvalue weighted by Gasteiger charge is 2.48. The maximum atomic E-state index is 14.0. The molecule has 2 fully saturated rings. The molecule has 1 aliphatic carbocycles. The highest BCUT2D eigenvalue weighted by Crippen LogP contribution is 2.53. The second kappa shape index (κ2) is 16.2. The van der Waals surface area contributed by atoms with Crippen LogP contribution in [0.25, 0.3) is 11.1 Å². The number of nitrogens with zero attached hydrogens (tertiary/aromatic N) is 3. The van der Waals surface area contributed by atoms with Crippen LogP contribution in [-0.4, -0.2) is 83.9 Å². The quantitative estimate of drug-likeness (QED) is 0.190. The van der Waals surface area contributed by atoms with Gasteiger partial charge < -0.3 is 34.3 Å². The van der Waals surface area contributed by atoms with Crippen LogP contribution in [0.3, 0.4) is 0 Å². The number of aromatic amines is 1. The van der Waals surface area contributed by atoms with E-state index in [0.29, 0.717) is 40.3 Å². The van der Waals surface area contributed by atoms with Crippen LogP contribution in [0.15, 0.2) is 40.2 Å². The maximum Gasteiger partial charge on any atom is 0.389 e. The first kappa shape index (κ1) is 39.9. The fraction of sp³-hybridized carbons (Fsp3) is 0.575. The van der Waals surface area contributed by atoms with E-state index in [1.165, 1.54) is 11.8 Å². The number of nitrogens with one attached hydrogen (secondary N) is 2. The molecule has 294 valence electrons. The van der Waals surface area contributed by atoms with Gasteiger partial charge in [0.1, 0.15) is 5.82 Å². The van der Waals surface area contributed by atoms with Crippen molar-refractivity contribution in [1.82, 2.24) is 20.2 Å². The van der Waals surface area contributed by atoms with Gasteiger partial charge in [-0.25, -0.2) is 4.98 Å². The van der Waals surface area contributed by atoms with Gasteiger partial charge in [-0.3, -0.25) is 9.59 Å². The van der Waals surface area contributed by atoms with Crippen molar-refractivity contribution in [2.24, 2.45) is 5.92 Å². The number of aryl methyl sites for hydroxylation is 1. The Bertz CT molecular complexity index is 1870. The molecule has 3 aromatic rings. The molecule has 3 aliphatic rings. The van der Waals surface area contributed by atoms with Crippen molar-refractivity contribution in [2.45, 2.75) is 115 Å². The third kappa shape index (κ3) is 8.86. The van der Waals surface area contributed by atoms with E-state index in [1.807, 2.05) is 77.1 Å². The average Bonchev–Trinajstić information content (AvgIpc) is 3.49. The van der Waals surface area contributed by atoms with E-state index in [9.17, 15) is 22.8 Å². The van der Waals surface area contributed by atoms with Gasteiger partial charge in [0.15, 0.2) is 11.5 Å². The molecule has 2 N–H and O–H groups in total. The van der Waals surface area contributed by atoms with Gasteiger partial charge in [0.25, 0.3) is 17.3 Å². The van der Waals surface area contributed by atoms with Crippen LogP contribution in [0.4, 0.5) is 19.0 Å². The Morgan fingerprint density at radius 2 is 1.78 bits per heavy atom. The molecule has 0 spiro atoms. The minimum absolute atomic E-state index is 0.0123. The number of H-pyrrole nitrogens is 1. The first-order chi connectivity index (χ1) is 25.5. The third-order valence-electron chi connectivity index (χ3n) is 11.0. The number of pyridine rings is 2. The zero-order chi connectivity index (χ0) is 38.9. The Morgan fingerprint density at radius 3 is 2.41 bits per heavy atom. The number of benzene rings is 1. The number of hydrogen-bond donors (Lipinski definition) is 2. The molecule has 14 heteroatoms. The van der Waals surface area contributed by atoms with E-state index < -0.39 is 18.4 Å². The number of aromatic nitrogens is 2. The Labute approximate surface area is 319 Å². The molecule has 0 radical (unpaired) electrons. The first-order valence-electron chi connectivity index (χ1n) is 18.8. The van der Waals surface area contributed by atoms with Gasteiger partial charge in [0.2, 0.25) is 0 Å². The van der Waals surface area contributed by atoms with Gasteiger partial charge in [-0.2, -0.15) is 13.2 Å². The standard InChI is InChI=1S/C40H52F3N5O5S/c1-23-17-33(54-7)32(38(50)46-23)20-45-37(49)30-18-31(27-9-14-34(44-19-27)48-21-24(2)51-25(3)22-48)36-35(26(30)4)52-39(5,53-36)28-10-12-29(13-11-28)47(6)16-8-15-40(41,42)43/h9,14,17-19,24-25,28-29H,8,10-13,15-16,20-22H2,1-7H3,(H,45,49)(H,46,50). The van der Waals surface area contributed by atoms with E-state index in [1.54, 1.807) is 6.20 Å². The van der Waals surface area contributed by atoms with Gasteiger partial charge in [-0.05, 0) is 104 Å². The number of thioether (sulfide) groups is 1. The van der Waals surface area contributed by atoms with E-state index in [4.69, 9.17) is 19.2 Å². The number of alkyl halides is 3. The molecule has 1 aromatic carbocycles. The van der Waals surface area contributed by atoms with Crippen molar-refractivity contribution < 1.29 is 32.2 Å². The normalized spacial score (nSPS) is 24.2. The lowest BCUT2D eigenvalue weighted by Gasteiger charge is -2.40. The summed E-state index contributed by atoms with van der Waals surface area (Å²) in [5.41, 5.74) is 3.44. The summed E-state index contributed by atoms with van der Waals surface area (Å²) in [6, 6.07) is 7.85. The number of rotatable bonds is 11. The van der Waals surface area contributed by atoms with Crippen LogP contribution in [0.5, 0.6) is 11.5 Å². The summed E-state index contributed by atoms with van der Waals surface area (Å²) in [6.45, 7) is 11.6. The molecule has 6 rings (SSSR count). The largest absolute Gasteiger partial charge is 0.448 e. The predicted octanol–water partition coefficient (Wildman–Crippen LogP) is 7.64. The van der Waals surface area contributed by atoms with Crippen LogP contribution in [-0.2, 0) is 11.3 Å². The summed E-state index contributed by atoms with van der Waals surface area (Å²) in [5.74, 6) is 0.504. The number of carbonyl (C=O) groups is 1. The summed E-state index contributed by atoms with van der Waals surface area (Å²) in [6.07, 6.45) is 2.17. The number of fused-ring (bicyclic) bond motifs is 1. The number of carbonyl (C=O) groups excluding carboxylic acids is 1. The van der Waals surface area contributed by atoms with Gasteiger partial charge in [-0.1, -0.05) is 0 Å². The minimum atomic E-state index is -4.15. The van der Waals surface area contributed by atoms with Crippen molar-refractivity contribution in [3.8, 4) is 22.6 Å². The molecule has 2 aliphatic heterocycles. The van der Waals surface area contributed by atoms with Crippen molar-refractivity contribution in [3.05, 3.63) is 63.2 Å². The molecule has 1 saturated heterocycles. The zero-order valence-electron chi connectivity index (χ0n) is 32.2. The number of anilines is 1. The highest BCUT2D eigenvalue weighted by atomic mass is 32.2. The monoisotopic (exact) mass is 771 g/mol. The second-order valence-electron chi connectivity index (χ2n) is 15.3. The molecule has 3 atom stereocenters. The molecule has 1 amide bonds. The summed E-state index contributed by atoms with van der Waals surface area (Å²) in [5, 5.41) is 2.97. The van der Waals surface area contributed by atoms with Crippen LogP contribution in [0.2, 0.25) is 0 Å².